The summed E-state index contributed by atoms with van der Waals surface area (Å²) in [6, 6.07) is 11.5. The number of aryl methyl sites for hydroxylation is 2. The second kappa shape index (κ2) is 6.59. The number of hydrogen-bond acceptors (Lipinski definition) is 3. The maximum atomic E-state index is 12.8. The third-order valence-corrected chi connectivity index (χ3v) is 4.79. The second-order valence-corrected chi connectivity index (χ2v) is 6.64. The van der Waals surface area contributed by atoms with Gasteiger partial charge in [0.1, 0.15) is 5.82 Å². The predicted octanol–water partition coefficient (Wildman–Crippen LogP) is 2.55. The molecule has 0 spiro atoms. The fraction of sp³-hybridized carbons (Fsp3) is 0.421. The van der Waals surface area contributed by atoms with Crippen LogP contribution >= 0.6 is 0 Å². The molecule has 24 heavy (non-hydrogen) atoms. The lowest BCUT2D eigenvalue weighted by Crippen LogP contribution is -2.45. The number of carbonyl (C=O) groups is 1. The topological polar surface area (TPSA) is 66.1 Å². The van der Waals surface area contributed by atoms with Gasteiger partial charge >= 0.3 is 0 Å². The Morgan fingerprint density at radius 3 is 2.79 bits per heavy atom. The van der Waals surface area contributed by atoms with Crippen LogP contribution in [0.5, 0.6) is 0 Å². The number of hydrogen-bond donors (Lipinski definition) is 1. The molecule has 1 atom stereocenters. The van der Waals surface area contributed by atoms with Gasteiger partial charge in [0.15, 0.2) is 0 Å². The van der Waals surface area contributed by atoms with Crippen LogP contribution in [0.25, 0.3) is 0 Å². The summed E-state index contributed by atoms with van der Waals surface area (Å²) in [6.07, 6.45) is 2.93. The summed E-state index contributed by atoms with van der Waals surface area (Å²) >= 11 is 0. The zero-order valence-electron chi connectivity index (χ0n) is 14.2. The molecule has 0 aliphatic carbocycles. The van der Waals surface area contributed by atoms with E-state index in [4.69, 9.17) is 0 Å². The third kappa shape index (κ3) is 3.25. The van der Waals surface area contributed by atoms with Crippen molar-refractivity contribution in [3.05, 3.63) is 63.8 Å². The van der Waals surface area contributed by atoms with Crippen molar-refractivity contribution in [2.75, 3.05) is 6.54 Å². The maximum Gasteiger partial charge on any atom is 0.251 e. The first kappa shape index (κ1) is 16.4. The van der Waals surface area contributed by atoms with Gasteiger partial charge in [-0.2, -0.15) is 0 Å². The molecule has 1 unspecified atom stereocenters. The minimum atomic E-state index is -0.529. The lowest BCUT2D eigenvalue weighted by Gasteiger charge is -2.34. The number of aromatic nitrogens is 2. The zero-order valence-corrected chi connectivity index (χ0v) is 14.2. The maximum absolute atomic E-state index is 12.8. The minimum Gasteiger partial charge on any atom is -0.330 e. The van der Waals surface area contributed by atoms with Gasteiger partial charge in [0.25, 0.3) is 5.56 Å². The number of aromatic amines is 1. The normalized spacial score (nSPS) is 20.3. The first-order valence-electron chi connectivity index (χ1n) is 8.42. The van der Waals surface area contributed by atoms with E-state index < -0.39 is 5.54 Å². The van der Waals surface area contributed by atoms with E-state index in [2.05, 4.69) is 9.97 Å². The predicted molar refractivity (Wildman–Crippen MR) is 92.7 cm³/mol. The third-order valence-electron chi connectivity index (χ3n) is 4.79. The highest BCUT2D eigenvalue weighted by Gasteiger charge is 2.42. The summed E-state index contributed by atoms with van der Waals surface area (Å²) in [7, 11) is 0. The largest absolute Gasteiger partial charge is 0.330 e. The van der Waals surface area contributed by atoms with Crippen LogP contribution < -0.4 is 5.56 Å². The first-order chi connectivity index (χ1) is 11.5. The zero-order chi connectivity index (χ0) is 17.2. The van der Waals surface area contributed by atoms with Crippen LogP contribution in [0.3, 0.4) is 0 Å². The van der Waals surface area contributed by atoms with Crippen molar-refractivity contribution in [3.63, 3.8) is 0 Å². The van der Waals surface area contributed by atoms with Crippen molar-refractivity contribution in [1.29, 1.82) is 0 Å². The van der Waals surface area contributed by atoms with Gasteiger partial charge in [-0.05, 0) is 38.7 Å². The summed E-state index contributed by atoms with van der Waals surface area (Å²) in [6.45, 7) is 4.51. The van der Waals surface area contributed by atoms with Crippen molar-refractivity contribution in [1.82, 2.24) is 14.9 Å². The van der Waals surface area contributed by atoms with Crippen molar-refractivity contribution in [2.24, 2.45) is 0 Å². The second-order valence-electron chi connectivity index (χ2n) is 6.64. The highest BCUT2D eigenvalue weighted by atomic mass is 16.2. The number of H-pyrrole nitrogens is 1. The van der Waals surface area contributed by atoms with Gasteiger partial charge in [-0.3, -0.25) is 9.59 Å². The molecular weight excluding hydrogens is 302 g/mol. The van der Waals surface area contributed by atoms with E-state index in [1.807, 2.05) is 42.2 Å². The van der Waals surface area contributed by atoms with Crippen molar-refractivity contribution < 1.29 is 4.79 Å². The molecule has 126 valence electrons. The lowest BCUT2D eigenvalue weighted by molar-refractivity contribution is -0.135. The van der Waals surface area contributed by atoms with E-state index in [0.717, 1.165) is 24.8 Å². The molecule has 1 N–H and O–H groups in total. The summed E-state index contributed by atoms with van der Waals surface area (Å²) in [5.41, 5.74) is 1.15. The smallest absolute Gasteiger partial charge is 0.251 e. The Morgan fingerprint density at radius 2 is 2.08 bits per heavy atom. The molecule has 1 amide bonds. The molecule has 2 heterocycles. The van der Waals surface area contributed by atoms with Crippen LogP contribution in [0.1, 0.15) is 43.3 Å². The summed E-state index contributed by atoms with van der Waals surface area (Å²) in [4.78, 5) is 33.8. The van der Waals surface area contributed by atoms with Gasteiger partial charge in [-0.1, -0.05) is 30.3 Å². The summed E-state index contributed by atoms with van der Waals surface area (Å²) in [5.74, 6) is 0.709. The Bertz CT molecular complexity index is 785. The molecule has 2 aromatic rings. The van der Waals surface area contributed by atoms with Crippen LogP contribution in [0.4, 0.5) is 0 Å². The molecular formula is C19H23N3O2. The summed E-state index contributed by atoms with van der Waals surface area (Å²) < 4.78 is 0. The molecule has 1 fully saturated rings. The van der Waals surface area contributed by atoms with E-state index in [9.17, 15) is 9.59 Å². The Morgan fingerprint density at radius 1 is 1.33 bits per heavy atom. The molecule has 1 aromatic heterocycles. The van der Waals surface area contributed by atoms with Crippen LogP contribution in [-0.4, -0.2) is 27.3 Å². The van der Waals surface area contributed by atoms with Crippen molar-refractivity contribution in [2.45, 2.75) is 45.1 Å². The summed E-state index contributed by atoms with van der Waals surface area (Å²) in [5, 5.41) is 0. The van der Waals surface area contributed by atoms with Gasteiger partial charge in [0, 0.05) is 24.7 Å². The van der Waals surface area contributed by atoms with Crippen LogP contribution in [0, 0.1) is 6.92 Å². The fourth-order valence-corrected chi connectivity index (χ4v) is 3.47. The van der Waals surface area contributed by atoms with Crippen LogP contribution in [0.15, 0.2) is 41.2 Å². The van der Waals surface area contributed by atoms with Crippen LogP contribution in [0.2, 0.25) is 0 Å². The molecule has 5 heteroatoms. The molecule has 0 saturated carbocycles. The number of rotatable bonds is 4. The molecule has 3 rings (SSSR count). The van der Waals surface area contributed by atoms with E-state index in [0.29, 0.717) is 24.5 Å². The molecule has 1 aromatic carbocycles. The number of carbonyl (C=O) groups excluding carboxylic acids is 1. The Kier molecular flexibility index (Phi) is 4.51. The van der Waals surface area contributed by atoms with Crippen molar-refractivity contribution >= 4 is 5.91 Å². The number of nitrogens with zero attached hydrogens (tertiary/aromatic N) is 2. The molecule has 1 aliphatic heterocycles. The lowest BCUT2D eigenvalue weighted by atomic mass is 9.96. The molecule has 5 nitrogen and oxygen atoms in total. The fourth-order valence-electron chi connectivity index (χ4n) is 3.47. The van der Waals surface area contributed by atoms with E-state index in [-0.39, 0.29) is 11.5 Å². The highest BCUT2D eigenvalue weighted by molar-refractivity contribution is 5.77. The first-order valence-corrected chi connectivity index (χ1v) is 8.42. The van der Waals surface area contributed by atoms with Crippen molar-refractivity contribution in [3.8, 4) is 0 Å². The van der Waals surface area contributed by atoms with Gasteiger partial charge in [0.05, 0.1) is 5.54 Å². The number of nitrogens with one attached hydrogen (secondary N) is 1. The van der Waals surface area contributed by atoms with Gasteiger partial charge in [-0.25, -0.2) is 4.98 Å². The monoisotopic (exact) mass is 325 g/mol. The van der Waals surface area contributed by atoms with E-state index >= 15 is 0 Å². The van der Waals surface area contributed by atoms with Gasteiger partial charge in [-0.15, -0.1) is 0 Å². The Hall–Kier alpha value is -2.43. The SMILES string of the molecule is Cc1cc(=O)[nH]c(C2(C)CCCN2C(=O)CCc2ccccc2)n1. The number of benzene rings is 1. The molecule has 1 aliphatic rings. The molecule has 0 radical (unpaired) electrons. The average Bonchev–Trinajstić information content (AvgIpc) is 2.96. The molecule has 0 bridgehead atoms. The van der Waals surface area contributed by atoms with Crippen LogP contribution in [-0.2, 0) is 16.8 Å². The average molecular weight is 325 g/mol. The van der Waals surface area contributed by atoms with E-state index in [1.54, 1.807) is 6.92 Å². The quantitative estimate of drug-likeness (QED) is 0.939. The molecule has 1 saturated heterocycles. The number of likely N-dealkylation sites (tertiary alicyclic amines) is 1. The number of amides is 1. The van der Waals surface area contributed by atoms with Gasteiger partial charge in [0.2, 0.25) is 5.91 Å². The standard InChI is InChI=1S/C19H23N3O2/c1-14-13-16(23)21-18(20-14)19(2)11-6-12-22(19)17(24)10-9-15-7-4-3-5-8-15/h3-5,7-8,13H,6,9-12H2,1-2H3,(H,20,21,23). The Labute approximate surface area is 141 Å². The Balaban J connectivity index is 1.79. The van der Waals surface area contributed by atoms with E-state index in [1.165, 1.54) is 6.07 Å². The van der Waals surface area contributed by atoms with Gasteiger partial charge < -0.3 is 9.88 Å². The highest BCUT2D eigenvalue weighted by Crippen LogP contribution is 2.36. The minimum absolute atomic E-state index is 0.114.